The summed E-state index contributed by atoms with van der Waals surface area (Å²) in [6.07, 6.45) is -6.37. The minimum atomic E-state index is -4.61. The molecule has 0 radical (unpaired) electrons. The maximum atomic E-state index is 14.2. The summed E-state index contributed by atoms with van der Waals surface area (Å²) in [5.41, 5.74) is 3.54. The highest BCUT2D eigenvalue weighted by Crippen LogP contribution is 2.42. The first-order valence-electron chi connectivity index (χ1n) is 15.5. The van der Waals surface area contributed by atoms with Gasteiger partial charge in [0.1, 0.15) is 12.1 Å². The van der Waals surface area contributed by atoms with Gasteiger partial charge in [-0.15, -0.1) is 0 Å². The molecule has 0 unspecified atom stereocenters. The van der Waals surface area contributed by atoms with Gasteiger partial charge in [0.25, 0.3) is 0 Å². The van der Waals surface area contributed by atoms with Crippen molar-refractivity contribution < 1.29 is 26.3 Å². The Morgan fingerprint density at radius 1 is 0.608 bits per heavy atom. The van der Waals surface area contributed by atoms with Crippen molar-refractivity contribution in [3.63, 3.8) is 0 Å². The highest BCUT2D eigenvalue weighted by atomic mass is 19.4. The highest BCUT2D eigenvalue weighted by molar-refractivity contribution is 6.12. The summed E-state index contributed by atoms with van der Waals surface area (Å²) in [5.74, 6) is 0.305. The minimum absolute atomic E-state index is 0.00452. The van der Waals surface area contributed by atoms with Crippen molar-refractivity contribution in [1.29, 1.82) is 10.5 Å². The summed E-state index contributed by atoms with van der Waals surface area (Å²) < 4.78 is 84.9. The second-order valence-corrected chi connectivity index (χ2v) is 12.1. The number of aryl methyl sites for hydroxylation is 2. The molecule has 7 aromatic rings. The fraction of sp³-hybridized carbons (Fsp3) is 0.100. The summed E-state index contributed by atoms with van der Waals surface area (Å²) in [6.45, 7) is 3.18. The summed E-state index contributed by atoms with van der Waals surface area (Å²) >= 11 is 0. The van der Waals surface area contributed by atoms with E-state index >= 15 is 0 Å². The number of nitriles is 2. The predicted molar refractivity (Wildman–Crippen MR) is 182 cm³/mol. The number of nitrogens with zero attached hydrogens (tertiary/aromatic N) is 5. The molecule has 0 spiro atoms. The van der Waals surface area contributed by atoms with Crippen molar-refractivity contribution in [3.05, 3.63) is 137 Å². The fourth-order valence-electron chi connectivity index (χ4n) is 6.42. The highest BCUT2D eigenvalue weighted by Gasteiger charge is 2.34. The lowest BCUT2D eigenvalue weighted by Gasteiger charge is -2.15. The third kappa shape index (κ3) is 5.93. The van der Waals surface area contributed by atoms with Gasteiger partial charge < -0.3 is 4.57 Å². The maximum Gasteiger partial charge on any atom is 0.417 e. The molecular formula is C40H23F6N5. The average Bonchev–Trinajstić information content (AvgIpc) is 3.43. The molecule has 0 aliphatic carbocycles. The van der Waals surface area contributed by atoms with Crippen LogP contribution in [-0.2, 0) is 12.4 Å². The molecule has 5 aromatic carbocycles. The van der Waals surface area contributed by atoms with E-state index in [1.165, 1.54) is 24.5 Å². The zero-order chi connectivity index (χ0) is 36.2. The fourth-order valence-corrected chi connectivity index (χ4v) is 6.42. The molecule has 0 bridgehead atoms. The number of hydrogen-bond donors (Lipinski definition) is 0. The molecule has 5 nitrogen and oxygen atoms in total. The van der Waals surface area contributed by atoms with Crippen LogP contribution in [0.5, 0.6) is 0 Å². The van der Waals surface area contributed by atoms with E-state index in [9.17, 15) is 31.6 Å². The van der Waals surface area contributed by atoms with Crippen LogP contribution in [0.1, 0.15) is 33.4 Å². The Morgan fingerprint density at radius 2 is 1.22 bits per heavy atom. The standard InChI is InChI=1S/C40H23F6N5/c1-22-3-8-31(34(13-22)40(44,45)46)26-5-12-37-33(17-26)32-16-25(30-9-7-29(14-23(30)2)39(41,42)43)4-11-36(32)51(37)35-10-6-27(15-28(35)19-48)38-49-20-24(18-47)21-50-38/h3-17,20-21H,1-2H3. The first-order chi connectivity index (χ1) is 24.3. The van der Waals surface area contributed by atoms with Gasteiger partial charge >= 0.3 is 12.4 Å². The van der Waals surface area contributed by atoms with Crippen LogP contribution in [0.25, 0.3) is 61.1 Å². The summed E-state index contributed by atoms with van der Waals surface area (Å²) in [6, 6.07) is 27.2. The molecule has 2 aromatic heterocycles. The molecule has 7 rings (SSSR count). The van der Waals surface area contributed by atoms with Crippen molar-refractivity contribution in [2.24, 2.45) is 0 Å². The van der Waals surface area contributed by atoms with Crippen LogP contribution in [0.2, 0.25) is 0 Å². The van der Waals surface area contributed by atoms with Crippen molar-refractivity contribution in [3.8, 4) is 51.5 Å². The van der Waals surface area contributed by atoms with Gasteiger partial charge in [-0.05, 0) is 102 Å². The van der Waals surface area contributed by atoms with Gasteiger partial charge in [0.2, 0.25) is 0 Å². The van der Waals surface area contributed by atoms with Crippen LogP contribution in [0, 0.1) is 36.5 Å². The zero-order valence-electron chi connectivity index (χ0n) is 26.8. The van der Waals surface area contributed by atoms with Gasteiger partial charge in [-0.1, -0.05) is 35.9 Å². The number of benzene rings is 5. The Hall–Kier alpha value is -6.46. The number of aromatic nitrogens is 3. The zero-order valence-corrected chi connectivity index (χ0v) is 26.8. The second-order valence-electron chi connectivity index (χ2n) is 12.1. The van der Waals surface area contributed by atoms with Crippen molar-refractivity contribution in [2.45, 2.75) is 26.2 Å². The number of rotatable bonds is 4. The Labute approximate surface area is 287 Å². The number of fused-ring (bicyclic) bond motifs is 3. The van der Waals surface area contributed by atoms with E-state index in [0.29, 0.717) is 66.7 Å². The number of hydrogen-bond acceptors (Lipinski definition) is 4. The lowest BCUT2D eigenvalue weighted by atomic mass is 9.95. The quantitative estimate of drug-likeness (QED) is 0.173. The Bertz CT molecular complexity index is 2600. The molecule has 0 atom stereocenters. The van der Waals surface area contributed by atoms with E-state index in [4.69, 9.17) is 5.26 Å². The third-order valence-corrected chi connectivity index (χ3v) is 8.82. The molecule has 2 heterocycles. The lowest BCUT2D eigenvalue weighted by molar-refractivity contribution is -0.138. The molecule has 0 aliphatic rings. The summed E-state index contributed by atoms with van der Waals surface area (Å²) in [4.78, 5) is 8.46. The van der Waals surface area contributed by atoms with Crippen LogP contribution in [0.4, 0.5) is 26.3 Å². The Morgan fingerprint density at radius 3 is 1.78 bits per heavy atom. The van der Waals surface area contributed by atoms with Gasteiger partial charge in [-0.2, -0.15) is 36.9 Å². The Balaban J connectivity index is 1.48. The lowest BCUT2D eigenvalue weighted by Crippen LogP contribution is -2.07. The molecule has 0 saturated heterocycles. The molecule has 0 N–H and O–H groups in total. The molecule has 51 heavy (non-hydrogen) atoms. The normalized spacial score (nSPS) is 11.9. The average molecular weight is 688 g/mol. The van der Waals surface area contributed by atoms with Gasteiger partial charge in [0, 0.05) is 28.7 Å². The van der Waals surface area contributed by atoms with E-state index in [0.717, 1.165) is 18.2 Å². The molecule has 250 valence electrons. The van der Waals surface area contributed by atoms with Crippen molar-refractivity contribution >= 4 is 21.8 Å². The molecule has 11 heteroatoms. The molecule has 0 aliphatic heterocycles. The summed E-state index contributed by atoms with van der Waals surface area (Å²) in [5, 5.41) is 20.6. The first kappa shape index (κ1) is 33.1. The van der Waals surface area contributed by atoms with Crippen molar-refractivity contribution in [2.75, 3.05) is 0 Å². The maximum absolute atomic E-state index is 14.2. The van der Waals surface area contributed by atoms with Gasteiger partial charge in [-0.3, -0.25) is 0 Å². The van der Waals surface area contributed by atoms with E-state index in [2.05, 4.69) is 16.0 Å². The Kier molecular flexibility index (Phi) is 7.87. The topological polar surface area (TPSA) is 78.3 Å². The second kappa shape index (κ2) is 12.1. The minimum Gasteiger partial charge on any atom is -0.308 e. The molecule has 0 saturated carbocycles. The molecule has 0 amide bonds. The largest absolute Gasteiger partial charge is 0.417 e. The molecular weight excluding hydrogens is 664 g/mol. The van der Waals surface area contributed by atoms with Gasteiger partial charge in [0.15, 0.2) is 5.82 Å². The van der Waals surface area contributed by atoms with E-state index in [-0.39, 0.29) is 16.7 Å². The monoisotopic (exact) mass is 687 g/mol. The smallest absolute Gasteiger partial charge is 0.308 e. The van der Waals surface area contributed by atoms with E-state index in [1.54, 1.807) is 74.5 Å². The number of alkyl halides is 6. The van der Waals surface area contributed by atoms with Crippen LogP contribution < -0.4 is 0 Å². The SMILES string of the molecule is Cc1ccc(-c2ccc3c(c2)c2cc(-c4ccc(C(F)(F)F)cc4C)ccc2n3-c2ccc(-c3ncc(C#N)cn3)cc2C#N)c(C(F)(F)F)c1. The van der Waals surface area contributed by atoms with Gasteiger partial charge in [-0.25, -0.2) is 9.97 Å². The first-order valence-corrected chi connectivity index (χ1v) is 15.5. The van der Waals surface area contributed by atoms with Crippen LogP contribution in [-0.4, -0.2) is 14.5 Å². The third-order valence-electron chi connectivity index (χ3n) is 8.82. The number of halogens is 6. The van der Waals surface area contributed by atoms with Crippen LogP contribution in [0.15, 0.2) is 103 Å². The van der Waals surface area contributed by atoms with E-state index in [1.807, 2.05) is 10.6 Å². The van der Waals surface area contributed by atoms with E-state index < -0.39 is 23.5 Å². The van der Waals surface area contributed by atoms with Crippen LogP contribution in [0.3, 0.4) is 0 Å². The predicted octanol–water partition coefficient (Wildman–Crippen LogP) is 11.0. The summed E-state index contributed by atoms with van der Waals surface area (Å²) in [7, 11) is 0. The molecule has 0 fully saturated rings. The van der Waals surface area contributed by atoms with Gasteiger partial charge in [0.05, 0.1) is 39.0 Å². The van der Waals surface area contributed by atoms with Crippen LogP contribution >= 0.6 is 0 Å². The van der Waals surface area contributed by atoms with Crippen molar-refractivity contribution in [1.82, 2.24) is 14.5 Å².